The predicted molar refractivity (Wildman–Crippen MR) is 89.3 cm³/mol. The molecule has 1 amide bonds. The summed E-state index contributed by atoms with van der Waals surface area (Å²) in [6, 6.07) is 2.05. The van der Waals surface area contributed by atoms with Gasteiger partial charge in [-0.05, 0) is 41.7 Å². The summed E-state index contributed by atoms with van der Waals surface area (Å²) in [5, 5.41) is 7.62. The average Bonchev–Trinajstić information content (AvgIpc) is 3.05. The second-order valence-corrected chi connectivity index (χ2v) is 7.26. The Labute approximate surface area is 132 Å². The monoisotopic (exact) mass is 308 g/mol. The molecule has 2 unspecified atom stereocenters. The molecular formula is C17H28N2OS. The van der Waals surface area contributed by atoms with Crippen molar-refractivity contribution < 1.29 is 4.79 Å². The van der Waals surface area contributed by atoms with Gasteiger partial charge in [0.25, 0.3) is 0 Å². The summed E-state index contributed by atoms with van der Waals surface area (Å²) in [7, 11) is 0. The highest BCUT2D eigenvalue weighted by molar-refractivity contribution is 7.07. The van der Waals surface area contributed by atoms with Gasteiger partial charge >= 0.3 is 0 Å². The molecule has 2 atom stereocenters. The Kier molecular flexibility index (Phi) is 6.24. The van der Waals surface area contributed by atoms with E-state index >= 15 is 0 Å². The molecule has 1 saturated heterocycles. The molecule has 0 aliphatic carbocycles. The Morgan fingerprint density at radius 3 is 2.71 bits per heavy atom. The van der Waals surface area contributed by atoms with E-state index in [0.29, 0.717) is 0 Å². The number of thiophene rings is 1. The third kappa shape index (κ3) is 4.55. The van der Waals surface area contributed by atoms with E-state index in [0.717, 1.165) is 18.9 Å². The molecule has 0 aromatic carbocycles. The van der Waals surface area contributed by atoms with Gasteiger partial charge in [0.2, 0.25) is 5.91 Å². The second-order valence-electron chi connectivity index (χ2n) is 6.48. The van der Waals surface area contributed by atoms with Crippen molar-refractivity contribution in [2.45, 2.75) is 65.1 Å². The van der Waals surface area contributed by atoms with E-state index < -0.39 is 0 Å². The zero-order chi connectivity index (χ0) is 15.2. The normalized spacial score (nSPS) is 22.5. The molecule has 4 heteroatoms. The minimum Gasteiger partial charge on any atom is -0.322 e. The van der Waals surface area contributed by atoms with Crippen molar-refractivity contribution in [2.75, 3.05) is 6.54 Å². The van der Waals surface area contributed by atoms with E-state index in [1.54, 1.807) is 11.3 Å². The number of unbranched alkanes of at least 4 members (excludes halogenated alkanes) is 3. The van der Waals surface area contributed by atoms with Crippen LogP contribution in [0.4, 0.5) is 0 Å². The molecule has 1 aliphatic heterocycles. The Morgan fingerprint density at radius 1 is 1.29 bits per heavy atom. The van der Waals surface area contributed by atoms with Crippen LogP contribution in [0, 0.1) is 5.92 Å². The van der Waals surface area contributed by atoms with Gasteiger partial charge in [0.05, 0.1) is 6.04 Å². The molecule has 2 rings (SSSR count). The molecule has 1 aliphatic rings. The Bertz CT molecular complexity index is 430. The molecule has 0 saturated carbocycles. The summed E-state index contributed by atoms with van der Waals surface area (Å²) in [6.45, 7) is 7.39. The quantitative estimate of drug-likeness (QED) is 0.731. The zero-order valence-corrected chi connectivity index (χ0v) is 14.3. The van der Waals surface area contributed by atoms with Crippen molar-refractivity contribution in [2.24, 2.45) is 5.92 Å². The summed E-state index contributed by atoms with van der Waals surface area (Å²) in [5.41, 5.74) is 1.22. The lowest BCUT2D eigenvalue weighted by Crippen LogP contribution is -2.31. The van der Waals surface area contributed by atoms with E-state index in [1.165, 1.54) is 31.2 Å². The van der Waals surface area contributed by atoms with Gasteiger partial charge in [0, 0.05) is 6.54 Å². The van der Waals surface area contributed by atoms with Crippen LogP contribution in [0.3, 0.4) is 0 Å². The van der Waals surface area contributed by atoms with E-state index in [1.807, 2.05) is 11.8 Å². The number of carbonyl (C=O) groups is 1. The molecule has 0 spiro atoms. The maximum atomic E-state index is 12.3. The van der Waals surface area contributed by atoms with Gasteiger partial charge in [-0.25, -0.2) is 0 Å². The van der Waals surface area contributed by atoms with Gasteiger partial charge in [-0.3, -0.25) is 10.1 Å². The fourth-order valence-electron chi connectivity index (χ4n) is 2.91. The number of nitrogens with zero attached hydrogens (tertiary/aromatic N) is 1. The van der Waals surface area contributed by atoms with Crippen LogP contribution >= 0.6 is 11.3 Å². The molecule has 1 N–H and O–H groups in total. The summed E-state index contributed by atoms with van der Waals surface area (Å²) in [4.78, 5) is 14.3. The first kappa shape index (κ1) is 16.5. The number of rotatable bonds is 8. The number of nitrogens with one attached hydrogen (secondary N) is 1. The van der Waals surface area contributed by atoms with Gasteiger partial charge in [-0.2, -0.15) is 11.3 Å². The molecule has 2 heterocycles. The first-order valence-electron chi connectivity index (χ1n) is 8.18. The summed E-state index contributed by atoms with van der Waals surface area (Å²) in [6.07, 6.45) is 6.33. The van der Waals surface area contributed by atoms with Crippen LogP contribution < -0.4 is 5.32 Å². The molecule has 0 bridgehead atoms. The maximum Gasteiger partial charge on any atom is 0.241 e. The van der Waals surface area contributed by atoms with Crippen molar-refractivity contribution in [1.29, 1.82) is 0 Å². The number of hydrogen-bond acceptors (Lipinski definition) is 3. The molecule has 0 radical (unpaired) electrons. The topological polar surface area (TPSA) is 32.3 Å². The van der Waals surface area contributed by atoms with Crippen molar-refractivity contribution in [1.82, 2.24) is 10.2 Å². The summed E-state index contributed by atoms with van der Waals surface area (Å²) < 4.78 is 0. The average molecular weight is 308 g/mol. The summed E-state index contributed by atoms with van der Waals surface area (Å²) >= 11 is 1.69. The van der Waals surface area contributed by atoms with Crippen LogP contribution in [-0.4, -0.2) is 23.4 Å². The molecule has 1 aromatic heterocycles. The highest BCUT2D eigenvalue weighted by Gasteiger charge is 2.36. The van der Waals surface area contributed by atoms with Crippen molar-refractivity contribution in [3.63, 3.8) is 0 Å². The lowest BCUT2D eigenvalue weighted by Gasteiger charge is -2.23. The second kappa shape index (κ2) is 7.95. The molecule has 1 fully saturated rings. The first-order valence-corrected chi connectivity index (χ1v) is 9.12. The van der Waals surface area contributed by atoms with Gasteiger partial charge in [-0.1, -0.05) is 39.5 Å². The lowest BCUT2D eigenvalue weighted by atomic mass is 10.0. The Hall–Kier alpha value is -0.870. The zero-order valence-electron chi connectivity index (χ0n) is 13.5. The summed E-state index contributed by atoms with van der Waals surface area (Å²) in [5.74, 6) is 1.05. The highest BCUT2D eigenvalue weighted by Crippen LogP contribution is 2.27. The van der Waals surface area contributed by atoms with Crippen molar-refractivity contribution >= 4 is 17.2 Å². The standard InChI is InChI=1S/C17H28N2OS/c1-13(2)8-6-4-5-7-10-19-16(15-9-11-21-12-15)18-14(3)17(19)20/h9,11-14,16,18H,4-8,10H2,1-3H3. The predicted octanol–water partition coefficient (Wildman–Crippen LogP) is 4.17. The van der Waals surface area contributed by atoms with Gasteiger partial charge in [-0.15, -0.1) is 0 Å². The van der Waals surface area contributed by atoms with Gasteiger partial charge in [0.15, 0.2) is 0 Å². The Morgan fingerprint density at radius 2 is 2.05 bits per heavy atom. The van der Waals surface area contributed by atoms with Crippen molar-refractivity contribution in [3.8, 4) is 0 Å². The SMILES string of the molecule is CC(C)CCCCCCN1C(=O)C(C)NC1c1ccsc1. The lowest BCUT2D eigenvalue weighted by molar-refractivity contribution is -0.129. The van der Waals surface area contributed by atoms with Crippen LogP contribution in [0.2, 0.25) is 0 Å². The third-order valence-electron chi connectivity index (χ3n) is 4.16. The Balaban J connectivity index is 1.78. The fraction of sp³-hybridized carbons (Fsp3) is 0.706. The molecule has 118 valence electrons. The van der Waals surface area contributed by atoms with E-state index in [2.05, 4.69) is 36.0 Å². The number of hydrogen-bond donors (Lipinski definition) is 1. The molecular weight excluding hydrogens is 280 g/mol. The minimum atomic E-state index is -0.0594. The van der Waals surface area contributed by atoms with Gasteiger partial charge in [0.1, 0.15) is 6.17 Å². The minimum absolute atomic E-state index is 0.0594. The largest absolute Gasteiger partial charge is 0.322 e. The van der Waals surface area contributed by atoms with Crippen LogP contribution in [0.1, 0.15) is 64.6 Å². The van der Waals surface area contributed by atoms with Crippen LogP contribution in [0.15, 0.2) is 16.8 Å². The molecule has 1 aromatic rings. The van der Waals surface area contributed by atoms with Gasteiger partial charge < -0.3 is 4.90 Å². The van der Waals surface area contributed by atoms with Crippen molar-refractivity contribution in [3.05, 3.63) is 22.4 Å². The first-order chi connectivity index (χ1) is 10.1. The van der Waals surface area contributed by atoms with Crippen LogP contribution in [-0.2, 0) is 4.79 Å². The molecule has 3 nitrogen and oxygen atoms in total. The number of carbonyl (C=O) groups excluding carboxylic acids is 1. The van der Waals surface area contributed by atoms with E-state index in [9.17, 15) is 4.79 Å². The fourth-order valence-corrected chi connectivity index (χ4v) is 3.59. The van der Waals surface area contributed by atoms with Crippen LogP contribution in [0.25, 0.3) is 0 Å². The number of amides is 1. The van der Waals surface area contributed by atoms with E-state index in [4.69, 9.17) is 0 Å². The maximum absolute atomic E-state index is 12.3. The molecule has 21 heavy (non-hydrogen) atoms. The third-order valence-corrected chi connectivity index (χ3v) is 4.86. The van der Waals surface area contributed by atoms with E-state index in [-0.39, 0.29) is 18.1 Å². The highest BCUT2D eigenvalue weighted by atomic mass is 32.1. The van der Waals surface area contributed by atoms with Crippen LogP contribution in [0.5, 0.6) is 0 Å². The smallest absolute Gasteiger partial charge is 0.241 e.